The molecule has 1 heterocycles. The molecular weight excluding hydrogens is 414 g/mol. The Morgan fingerprint density at radius 1 is 1.14 bits per heavy atom. The monoisotopic (exact) mass is 433 g/mol. The van der Waals surface area contributed by atoms with Crippen LogP contribution in [-0.4, -0.2) is 55.2 Å². The molecule has 29 heavy (non-hydrogen) atoms. The first-order valence-electron chi connectivity index (χ1n) is 8.91. The van der Waals surface area contributed by atoms with Crippen LogP contribution in [0.3, 0.4) is 0 Å². The van der Waals surface area contributed by atoms with Gasteiger partial charge in [-0.3, -0.25) is 14.9 Å². The highest BCUT2D eigenvalue weighted by atomic mass is 35.5. The maximum absolute atomic E-state index is 12.6. The van der Waals surface area contributed by atoms with Crippen LogP contribution < -0.4 is 15.4 Å². The standard InChI is InChI=1S/C20H20ClN3O4S/c1-27-17-6-5-13(12-16(17)21)18(25)23-20(29)22-15-4-2-3-14(11-15)19(26)24-7-9-28-10-8-24/h2-6,11-12H,7-10H2,1H3,(H2,22,23,25,29). The van der Waals surface area contributed by atoms with E-state index in [1.807, 2.05) is 0 Å². The number of benzene rings is 2. The maximum Gasteiger partial charge on any atom is 0.257 e. The number of hydrogen-bond donors (Lipinski definition) is 2. The van der Waals surface area contributed by atoms with Crippen molar-refractivity contribution in [1.82, 2.24) is 10.2 Å². The Hall–Kier alpha value is -2.68. The molecule has 0 unspecified atom stereocenters. The van der Waals surface area contributed by atoms with Crippen LogP contribution in [0.5, 0.6) is 5.75 Å². The zero-order valence-electron chi connectivity index (χ0n) is 15.7. The van der Waals surface area contributed by atoms with Crippen LogP contribution in [0.25, 0.3) is 0 Å². The van der Waals surface area contributed by atoms with E-state index in [0.29, 0.717) is 53.9 Å². The molecule has 2 aromatic carbocycles. The first-order chi connectivity index (χ1) is 14.0. The first-order valence-corrected chi connectivity index (χ1v) is 9.69. The zero-order chi connectivity index (χ0) is 20.8. The molecule has 0 radical (unpaired) electrons. The summed E-state index contributed by atoms with van der Waals surface area (Å²) in [5.41, 5.74) is 1.48. The molecule has 0 aliphatic carbocycles. The van der Waals surface area contributed by atoms with Gasteiger partial charge in [-0.1, -0.05) is 17.7 Å². The number of thiocarbonyl (C=S) groups is 1. The van der Waals surface area contributed by atoms with Gasteiger partial charge in [0.2, 0.25) is 0 Å². The zero-order valence-corrected chi connectivity index (χ0v) is 17.3. The molecule has 0 saturated carbocycles. The number of halogens is 1. The summed E-state index contributed by atoms with van der Waals surface area (Å²) in [6.45, 7) is 2.20. The van der Waals surface area contributed by atoms with E-state index in [1.165, 1.54) is 13.2 Å². The minimum atomic E-state index is -0.410. The summed E-state index contributed by atoms with van der Waals surface area (Å²) in [6, 6.07) is 11.6. The Morgan fingerprint density at radius 2 is 1.90 bits per heavy atom. The van der Waals surface area contributed by atoms with E-state index in [-0.39, 0.29) is 11.0 Å². The Labute approximate surface area is 178 Å². The third kappa shape index (κ3) is 5.44. The van der Waals surface area contributed by atoms with Gasteiger partial charge < -0.3 is 19.7 Å². The van der Waals surface area contributed by atoms with Crippen LogP contribution in [0.15, 0.2) is 42.5 Å². The van der Waals surface area contributed by atoms with Crippen molar-refractivity contribution >= 4 is 46.4 Å². The molecule has 1 fully saturated rings. The SMILES string of the molecule is COc1ccc(C(=O)NC(=S)Nc2cccc(C(=O)N3CCOCC3)c2)cc1Cl. The molecule has 152 valence electrons. The second-order valence-electron chi connectivity index (χ2n) is 6.24. The van der Waals surface area contributed by atoms with Crippen molar-refractivity contribution in [2.45, 2.75) is 0 Å². The van der Waals surface area contributed by atoms with Gasteiger partial charge in [0, 0.05) is 29.9 Å². The number of methoxy groups -OCH3 is 1. The van der Waals surface area contributed by atoms with Crippen molar-refractivity contribution in [3.8, 4) is 5.75 Å². The second kappa shape index (κ2) is 9.69. The number of rotatable bonds is 4. The number of ether oxygens (including phenoxy) is 2. The van der Waals surface area contributed by atoms with Gasteiger partial charge in [-0.2, -0.15) is 0 Å². The summed E-state index contributed by atoms with van der Waals surface area (Å²) in [5.74, 6) is -0.00181. The molecule has 0 atom stereocenters. The van der Waals surface area contributed by atoms with Gasteiger partial charge in [0.1, 0.15) is 5.75 Å². The molecule has 1 saturated heterocycles. The van der Waals surface area contributed by atoms with Crippen molar-refractivity contribution in [2.24, 2.45) is 0 Å². The minimum Gasteiger partial charge on any atom is -0.495 e. The van der Waals surface area contributed by atoms with E-state index in [1.54, 1.807) is 41.3 Å². The molecule has 2 amide bonds. The maximum atomic E-state index is 12.6. The van der Waals surface area contributed by atoms with E-state index in [4.69, 9.17) is 33.3 Å². The third-order valence-corrected chi connectivity index (χ3v) is 4.81. The molecule has 1 aliphatic heterocycles. The van der Waals surface area contributed by atoms with Crippen LogP contribution in [0.4, 0.5) is 5.69 Å². The summed E-state index contributed by atoms with van der Waals surface area (Å²) in [5, 5.41) is 5.95. The third-order valence-electron chi connectivity index (χ3n) is 4.31. The molecule has 7 nitrogen and oxygen atoms in total. The highest BCUT2D eigenvalue weighted by Crippen LogP contribution is 2.24. The summed E-state index contributed by atoms with van der Waals surface area (Å²) in [4.78, 5) is 26.7. The van der Waals surface area contributed by atoms with E-state index in [0.717, 1.165) is 0 Å². The average Bonchev–Trinajstić information content (AvgIpc) is 2.73. The number of hydrogen-bond acceptors (Lipinski definition) is 5. The fourth-order valence-electron chi connectivity index (χ4n) is 2.82. The molecule has 2 aromatic rings. The van der Waals surface area contributed by atoms with Crippen LogP contribution in [0.2, 0.25) is 5.02 Å². The lowest BCUT2D eigenvalue weighted by atomic mass is 10.1. The number of anilines is 1. The smallest absolute Gasteiger partial charge is 0.257 e. The predicted molar refractivity (Wildman–Crippen MR) is 115 cm³/mol. The van der Waals surface area contributed by atoms with E-state index in [2.05, 4.69) is 10.6 Å². The lowest BCUT2D eigenvalue weighted by Gasteiger charge is -2.27. The van der Waals surface area contributed by atoms with Crippen molar-refractivity contribution in [2.75, 3.05) is 38.7 Å². The number of nitrogens with zero attached hydrogens (tertiary/aromatic N) is 1. The van der Waals surface area contributed by atoms with Gasteiger partial charge in [-0.25, -0.2) is 0 Å². The number of carbonyl (C=O) groups is 2. The van der Waals surface area contributed by atoms with Crippen LogP contribution in [-0.2, 0) is 4.74 Å². The quantitative estimate of drug-likeness (QED) is 0.722. The molecule has 3 rings (SSSR count). The van der Waals surface area contributed by atoms with E-state index in [9.17, 15) is 9.59 Å². The van der Waals surface area contributed by atoms with Gasteiger partial charge in [-0.05, 0) is 48.6 Å². The average molecular weight is 434 g/mol. The fourth-order valence-corrected chi connectivity index (χ4v) is 3.29. The van der Waals surface area contributed by atoms with Crippen molar-refractivity contribution < 1.29 is 19.1 Å². The molecule has 2 N–H and O–H groups in total. The molecule has 1 aliphatic rings. The first kappa shape index (κ1) is 21.0. The van der Waals surface area contributed by atoms with Crippen molar-refractivity contribution in [3.05, 3.63) is 58.6 Å². The van der Waals surface area contributed by atoms with Crippen LogP contribution >= 0.6 is 23.8 Å². The Kier molecular flexibility index (Phi) is 7.03. The van der Waals surface area contributed by atoms with Crippen molar-refractivity contribution in [1.29, 1.82) is 0 Å². The number of carbonyl (C=O) groups excluding carboxylic acids is 2. The fraction of sp³-hybridized carbons (Fsp3) is 0.250. The molecule has 0 bridgehead atoms. The highest BCUT2D eigenvalue weighted by molar-refractivity contribution is 7.80. The van der Waals surface area contributed by atoms with Gasteiger partial charge in [0.05, 0.1) is 25.3 Å². The van der Waals surface area contributed by atoms with Gasteiger partial charge >= 0.3 is 0 Å². The molecule has 9 heteroatoms. The van der Waals surface area contributed by atoms with Gasteiger partial charge in [-0.15, -0.1) is 0 Å². The van der Waals surface area contributed by atoms with Crippen molar-refractivity contribution in [3.63, 3.8) is 0 Å². The normalized spacial score (nSPS) is 13.5. The molecule has 0 spiro atoms. The predicted octanol–water partition coefficient (Wildman–Crippen LogP) is 2.95. The Morgan fingerprint density at radius 3 is 2.59 bits per heavy atom. The van der Waals surface area contributed by atoms with Crippen LogP contribution in [0, 0.1) is 0 Å². The second-order valence-corrected chi connectivity index (χ2v) is 7.06. The van der Waals surface area contributed by atoms with E-state index < -0.39 is 5.91 Å². The largest absolute Gasteiger partial charge is 0.495 e. The molecule has 0 aromatic heterocycles. The topological polar surface area (TPSA) is 79.9 Å². The molecular formula is C20H20ClN3O4S. The lowest BCUT2D eigenvalue weighted by molar-refractivity contribution is 0.0303. The Bertz CT molecular complexity index is 932. The van der Waals surface area contributed by atoms with Gasteiger partial charge in [0.15, 0.2) is 5.11 Å². The number of amides is 2. The number of nitrogens with one attached hydrogen (secondary N) is 2. The number of morpholine rings is 1. The Balaban J connectivity index is 1.62. The highest BCUT2D eigenvalue weighted by Gasteiger charge is 2.19. The van der Waals surface area contributed by atoms with Gasteiger partial charge in [0.25, 0.3) is 11.8 Å². The summed E-state index contributed by atoms with van der Waals surface area (Å²) in [7, 11) is 1.50. The van der Waals surface area contributed by atoms with Crippen LogP contribution in [0.1, 0.15) is 20.7 Å². The minimum absolute atomic E-state index is 0.0696. The summed E-state index contributed by atoms with van der Waals surface area (Å²) >= 11 is 11.3. The lowest BCUT2D eigenvalue weighted by Crippen LogP contribution is -2.40. The summed E-state index contributed by atoms with van der Waals surface area (Å²) < 4.78 is 10.4. The summed E-state index contributed by atoms with van der Waals surface area (Å²) in [6.07, 6.45) is 0. The van der Waals surface area contributed by atoms with E-state index >= 15 is 0 Å².